The number of ketones is 1. The van der Waals surface area contributed by atoms with Gasteiger partial charge in [-0.1, -0.05) is 12.1 Å². The van der Waals surface area contributed by atoms with Crippen LogP contribution in [0.25, 0.3) is 27.1 Å². The lowest BCUT2D eigenvalue weighted by molar-refractivity contribution is -0.138. The van der Waals surface area contributed by atoms with Gasteiger partial charge in [0, 0.05) is 5.56 Å². The first-order valence-corrected chi connectivity index (χ1v) is 7.39. The van der Waals surface area contributed by atoms with Crippen molar-refractivity contribution in [3.05, 3.63) is 64.7 Å². The van der Waals surface area contributed by atoms with Crippen molar-refractivity contribution in [3.8, 4) is 0 Å². The summed E-state index contributed by atoms with van der Waals surface area (Å²) in [6.45, 7) is 0. The molecule has 0 saturated heterocycles. The van der Waals surface area contributed by atoms with Crippen molar-refractivity contribution < 1.29 is 35.9 Å². The zero-order chi connectivity index (χ0) is 20.0. The SMILES string of the molecule is [N-]=[N+]=CC(=O)c1cc2ccc(C(F)(F)F)cc2c2cc(C(F)(F)F)ccc12. The van der Waals surface area contributed by atoms with Gasteiger partial charge in [0.05, 0.1) is 11.1 Å². The monoisotopic (exact) mass is 382 g/mol. The third-order valence-corrected chi connectivity index (χ3v) is 4.05. The van der Waals surface area contributed by atoms with Crippen molar-refractivity contribution in [2.45, 2.75) is 12.4 Å². The Balaban J connectivity index is 2.47. The average molecular weight is 382 g/mol. The third kappa shape index (κ3) is 3.41. The Morgan fingerprint density at radius 2 is 1.37 bits per heavy atom. The van der Waals surface area contributed by atoms with E-state index in [0.717, 1.165) is 30.3 Å². The highest BCUT2D eigenvalue weighted by atomic mass is 19.4. The van der Waals surface area contributed by atoms with Crippen molar-refractivity contribution in [2.24, 2.45) is 0 Å². The number of benzene rings is 3. The van der Waals surface area contributed by atoms with Gasteiger partial charge in [0.25, 0.3) is 5.78 Å². The Bertz CT molecular complexity index is 1120. The molecule has 0 atom stereocenters. The molecule has 0 aliphatic heterocycles. The molecule has 9 heteroatoms. The topological polar surface area (TPSA) is 53.5 Å². The van der Waals surface area contributed by atoms with Crippen LogP contribution in [-0.2, 0) is 12.4 Å². The molecule has 0 heterocycles. The van der Waals surface area contributed by atoms with Crippen LogP contribution in [0, 0.1) is 0 Å². The normalized spacial score (nSPS) is 12.2. The van der Waals surface area contributed by atoms with Gasteiger partial charge < -0.3 is 5.53 Å². The van der Waals surface area contributed by atoms with Gasteiger partial charge in [-0.15, -0.1) is 0 Å². The van der Waals surface area contributed by atoms with Crippen LogP contribution in [0.5, 0.6) is 0 Å². The molecule has 3 aromatic carbocycles. The maximum atomic E-state index is 13.1. The van der Waals surface area contributed by atoms with Crippen LogP contribution >= 0.6 is 0 Å². The summed E-state index contributed by atoms with van der Waals surface area (Å²) in [5.41, 5.74) is 6.36. The van der Waals surface area contributed by atoms with Gasteiger partial charge in [-0.25, -0.2) is 0 Å². The molecule has 0 amide bonds. The molecule has 0 saturated carbocycles. The van der Waals surface area contributed by atoms with E-state index in [-0.39, 0.29) is 27.1 Å². The van der Waals surface area contributed by atoms with Gasteiger partial charge in [-0.2, -0.15) is 31.1 Å². The van der Waals surface area contributed by atoms with E-state index in [1.54, 1.807) is 0 Å². The quantitative estimate of drug-likeness (QED) is 0.144. The zero-order valence-electron chi connectivity index (χ0n) is 13.2. The molecular weight excluding hydrogens is 374 g/mol. The smallest absolute Gasteiger partial charge is 0.361 e. The van der Waals surface area contributed by atoms with Crippen molar-refractivity contribution in [3.63, 3.8) is 0 Å². The van der Waals surface area contributed by atoms with E-state index >= 15 is 0 Å². The average Bonchev–Trinajstić information content (AvgIpc) is 2.58. The molecule has 0 fully saturated rings. The highest BCUT2D eigenvalue weighted by molar-refractivity contribution is 6.37. The molecule has 0 bridgehead atoms. The van der Waals surface area contributed by atoms with Crippen molar-refractivity contribution in [2.75, 3.05) is 0 Å². The summed E-state index contributed by atoms with van der Waals surface area (Å²) in [4.78, 5) is 14.7. The van der Waals surface area contributed by atoms with Crippen LogP contribution < -0.4 is 0 Å². The van der Waals surface area contributed by atoms with E-state index in [4.69, 9.17) is 5.53 Å². The first kappa shape index (κ1) is 18.6. The molecule has 0 aliphatic carbocycles. The molecule has 3 rings (SSSR count). The van der Waals surface area contributed by atoms with Crippen LogP contribution in [0.4, 0.5) is 26.3 Å². The van der Waals surface area contributed by atoms with E-state index in [1.807, 2.05) is 0 Å². The van der Waals surface area contributed by atoms with Gasteiger partial charge in [-0.3, -0.25) is 4.79 Å². The Hall–Kier alpha value is -3.19. The predicted molar refractivity (Wildman–Crippen MR) is 85.5 cm³/mol. The summed E-state index contributed by atoms with van der Waals surface area (Å²) < 4.78 is 78.2. The number of fused-ring (bicyclic) bond motifs is 3. The molecule has 0 aliphatic rings. The fraction of sp³-hybridized carbons (Fsp3) is 0.111. The molecule has 27 heavy (non-hydrogen) atoms. The Kier molecular flexibility index (Phi) is 4.28. The molecule has 0 radical (unpaired) electrons. The Labute approximate surface area is 147 Å². The molecular formula is C18H8F6N2O. The van der Waals surface area contributed by atoms with Crippen LogP contribution in [0.2, 0.25) is 0 Å². The summed E-state index contributed by atoms with van der Waals surface area (Å²) in [6.07, 6.45) is -8.84. The first-order valence-electron chi connectivity index (χ1n) is 7.39. The van der Waals surface area contributed by atoms with E-state index in [2.05, 4.69) is 4.79 Å². The summed E-state index contributed by atoms with van der Waals surface area (Å²) in [5.74, 6) is -0.802. The van der Waals surface area contributed by atoms with E-state index in [9.17, 15) is 31.1 Å². The molecule has 138 valence electrons. The Morgan fingerprint density at radius 3 is 1.93 bits per heavy atom. The second-order valence-corrected chi connectivity index (χ2v) is 5.72. The lowest BCUT2D eigenvalue weighted by Crippen LogP contribution is -2.07. The van der Waals surface area contributed by atoms with Crippen molar-refractivity contribution in [1.29, 1.82) is 0 Å². The maximum absolute atomic E-state index is 13.1. The van der Waals surface area contributed by atoms with E-state index < -0.39 is 29.3 Å². The number of halogens is 6. The molecule has 3 aromatic rings. The highest BCUT2D eigenvalue weighted by Gasteiger charge is 2.32. The van der Waals surface area contributed by atoms with Crippen molar-refractivity contribution in [1.82, 2.24) is 0 Å². The van der Waals surface area contributed by atoms with Crippen LogP contribution in [0.1, 0.15) is 21.5 Å². The van der Waals surface area contributed by atoms with Crippen LogP contribution in [-0.4, -0.2) is 16.8 Å². The fourth-order valence-electron chi connectivity index (χ4n) is 2.83. The Morgan fingerprint density at radius 1 is 0.815 bits per heavy atom. The lowest BCUT2D eigenvalue weighted by Gasteiger charge is -2.13. The summed E-state index contributed by atoms with van der Waals surface area (Å²) in [6, 6.07) is 6.28. The van der Waals surface area contributed by atoms with Crippen LogP contribution in [0.3, 0.4) is 0 Å². The lowest BCUT2D eigenvalue weighted by atomic mass is 9.93. The van der Waals surface area contributed by atoms with Gasteiger partial charge >= 0.3 is 18.6 Å². The van der Waals surface area contributed by atoms with Gasteiger partial charge in [0.15, 0.2) is 0 Å². The number of nitrogens with zero attached hydrogens (tertiary/aromatic N) is 2. The molecule has 0 N–H and O–H groups in total. The number of Topliss-reactive ketones (excluding diaryl/α,β-unsaturated/α-hetero) is 1. The minimum Gasteiger partial charge on any atom is -0.361 e. The summed E-state index contributed by atoms with van der Waals surface area (Å²) in [5, 5.41) is -0.0873. The number of carbonyl (C=O) groups excluding carboxylic acids is 1. The molecule has 0 unspecified atom stereocenters. The number of carbonyl (C=O) groups is 1. The number of alkyl halides is 6. The highest BCUT2D eigenvalue weighted by Crippen LogP contribution is 2.38. The summed E-state index contributed by atoms with van der Waals surface area (Å²) >= 11 is 0. The second-order valence-electron chi connectivity index (χ2n) is 5.72. The third-order valence-electron chi connectivity index (χ3n) is 4.05. The first-order chi connectivity index (χ1) is 12.5. The van der Waals surface area contributed by atoms with Crippen LogP contribution in [0.15, 0.2) is 42.5 Å². The van der Waals surface area contributed by atoms with E-state index in [1.165, 1.54) is 6.07 Å². The molecule has 0 aromatic heterocycles. The van der Waals surface area contributed by atoms with Gasteiger partial charge in [-0.05, 0) is 51.9 Å². The molecule has 3 nitrogen and oxygen atoms in total. The van der Waals surface area contributed by atoms with Crippen molar-refractivity contribution >= 4 is 33.5 Å². The molecule has 0 spiro atoms. The van der Waals surface area contributed by atoms with Gasteiger partial charge in [0.1, 0.15) is 0 Å². The predicted octanol–water partition coefficient (Wildman–Crippen LogP) is 5.51. The zero-order valence-corrected chi connectivity index (χ0v) is 13.2. The fourth-order valence-corrected chi connectivity index (χ4v) is 2.83. The second kappa shape index (κ2) is 6.21. The van der Waals surface area contributed by atoms with E-state index in [0.29, 0.717) is 12.3 Å². The van der Waals surface area contributed by atoms with Gasteiger partial charge in [0.2, 0.25) is 0 Å². The minimum absolute atomic E-state index is 0.0136. The minimum atomic E-state index is -4.71. The maximum Gasteiger partial charge on any atom is 0.416 e. The number of hydrogen-bond donors (Lipinski definition) is 0. The summed E-state index contributed by atoms with van der Waals surface area (Å²) in [7, 11) is 0. The largest absolute Gasteiger partial charge is 0.416 e. The number of hydrogen-bond acceptors (Lipinski definition) is 1. The number of rotatable bonds is 2. The standard InChI is InChI=1S/C18H8F6N2O/c19-17(20,21)10-2-1-9-5-15(16(27)8-26-25)12-4-3-11(18(22,23)24)7-14(12)13(9)6-10/h1-8H.